The number of nitro groups is 1. The Bertz CT molecular complexity index is 432. The highest BCUT2D eigenvalue weighted by Gasteiger charge is 2.19. The van der Waals surface area contributed by atoms with Gasteiger partial charge in [-0.05, 0) is 38.3 Å². The summed E-state index contributed by atoms with van der Waals surface area (Å²) in [6.07, 6.45) is 4.92. The molecule has 0 amide bonds. The van der Waals surface area contributed by atoms with Gasteiger partial charge in [-0.25, -0.2) is 4.98 Å². The molecule has 0 radical (unpaired) electrons. The monoisotopic (exact) mass is 250 g/mol. The van der Waals surface area contributed by atoms with Crippen molar-refractivity contribution in [3.63, 3.8) is 0 Å². The number of nitrogens with one attached hydrogen (secondary N) is 2. The Morgan fingerprint density at radius 2 is 2.28 bits per heavy atom. The van der Waals surface area contributed by atoms with Gasteiger partial charge in [-0.2, -0.15) is 0 Å². The lowest BCUT2D eigenvalue weighted by molar-refractivity contribution is -0.385. The van der Waals surface area contributed by atoms with E-state index in [1.165, 1.54) is 25.1 Å². The van der Waals surface area contributed by atoms with Gasteiger partial charge in [0.2, 0.25) is 0 Å². The number of aromatic nitrogens is 1. The van der Waals surface area contributed by atoms with E-state index in [0.29, 0.717) is 0 Å². The van der Waals surface area contributed by atoms with E-state index in [-0.39, 0.29) is 5.69 Å². The number of anilines is 1. The fraction of sp³-hybridized carbons (Fsp3) is 0.583. The van der Waals surface area contributed by atoms with Crippen molar-refractivity contribution in [3.05, 3.63) is 27.9 Å². The van der Waals surface area contributed by atoms with E-state index in [1.807, 2.05) is 6.92 Å². The van der Waals surface area contributed by atoms with Gasteiger partial charge < -0.3 is 10.6 Å². The molecule has 0 aromatic carbocycles. The molecule has 0 aliphatic heterocycles. The Kier molecular flexibility index (Phi) is 4.09. The zero-order chi connectivity index (χ0) is 13.0. The molecule has 2 rings (SSSR count). The van der Waals surface area contributed by atoms with Crippen LogP contribution in [0.15, 0.2) is 12.3 Å². The Balaban J connectivity index is 1.75. The summed E-state index contributed by atoms with van der Waals surface area (Å²) in [7, 11) is 0. The van der Waals surface area contributed by atoms with Crippen molar-refractivity contribution in [1.82, 2.24) is 10.3 Å². The highest BCUT2D eigenvalue weighted by atomic mass is 16.6. The van der Waals surface area contributed by atoms with Crippen molar-refractivity contribution in [2.24, 2.45) is 0 Å². The molecule has 1 aliphatic rings. The molecule has 0 saturated heterocycles. The van der Waals surface area contributed by atoms with Gasteiger partial charge in [0.05, 0.1) is 4.92 Å². The van der Waals surface area contributed by atoms with Gasteiger partial charge in [-0.3, -0.25) is 10.1 Å². The largest absolute Gasteiger partial charge is 0.370 e. The molecule has 1 aromatic heterocycles. The van der Waals surface area contributed by atoms with E-state index in [9.17, 15) is 10.1 Å². The predicted octanol–water partition coefficient (Wildman–Crippen LogP) is 1.85. The van der Waals surface area contributed by atoms with E-state index in [2.05, 4.69) is 15.6 Å². The minimum atomic E-state index is -0.427. The van der Waals surface area contributed by atoms with Crippen molar-refractivity contribution in [3.8, 4) is 0 Å². The molecule has 1 aliphatic carbocycles. The van der Waals surface area contributed by atoms with Crippen LogP contribution in [0.4, 0.5) is 11.5 Å². The summed E-state index contributed by atoms with van der Waals surface area (Å²) in [5, 5.41) is 17.2. The first-order valence-electron chi connectivity index (χ1n) is 6.25. The zero-order valence-electron chi connectivity index (χ0n) is 10.5. The van der Waals surface area contributed by atoms with Crippen LogP contribution in [0.5, 0.6) is 0 Å². The quantitative estimate of drug-likeness (QED) is 0.438. The summed E-state index contributed by atoms with van der Waals surface area (Å²) >= 11 is 0. The van der Waals surface area contributed by atoms with E-state index >= 15 is 0 Å². The SMILES string of the molecule is Cc1cc([N+](=O)[O-])cnc1NCCCNC1CC1. The minimum Gasteiger partial charge on any atom is -0.370 e. The van der Waals surface area contributed by atoms with Gasteiger partial charge in [0.15, 0.2) is 0 Å². The van der Waals surface area contributed by atoms with Crippen molar-refractivity contribution >= 4 is 11.5 Å². The third-order valence-corrected chi connectivity index (χ3v) is 2.93. The molecule has 1 heterocycles. The molecule has 6 heteroatoms. The first kappa shape index (κ1) is 12.8. The summed E-state index contributed by atoms with van der Waals surface area (Å²) in [6, 6.07) is 2.28. The molecule has 18 heavy (non-hydrogen) atoms. The van der Waals surface area contributed by atoms with Gasteiger partial charge in [0.25, 0.3) is 5.69 Å². The molecule has 1 saturated carbocycles. The Hall–Kier alpha value is -1.69. The number of nitrogens with zero attached hydrogens (tertiary/aromatic N) is 2. The Morgan fingerprint density at radius 1 is 1.50 bits per heavy atom. The van der Waals surface area contributed by atoms with Crippen molar-refractivity contribution in [1.29, 1.82) is 0 Å². The van der Waals surface area contributed by atoms with Crippen molar-refractivity contribution in [2.45, 2.75) is 32.2 Å². The maximum Gasteiger partial charge on any atom is 0.287 e. The van der Waals surface area contributed by atoms with Crippen LogP contribution in [-0.4, -0.2) is 29.0 Å². The Labute approximate surface area is 106 Å². The van der Waals surface area contributed by atoms with E-state index < -0.39 is 4.92 Å². The van der Waals surface area contributed by atoms with Gasteiger partial charge in [-0.1, -0.05) is 0 Å². The highest BCUT2D eigenvalue weighted by molar-refractivity contribution is 5.48. The molecule has 98 valence electrons. The number of hydrogen-bond donors (Lipinski definition) is 2. The maximum absolute atomic E-state index is 10.6. The molecule has 0 spiro atoms. The standard InChI is InChI=1S/C12H18N4O2/c1-9-7-11(16(17)18)8-15-12(9)14-6-2-5-13-10-3-4-10/h7-8,10,13H,2-6H2,1H3,(H,14,15). The number of rotatable bonds is 7. The third-order valence-electron chi connectivity index (χ3n) is 2.93. The lowest BCUT2D eigenvalue weighted by atomic mass is 10.2. The predicted molar refractivity (Wildman–Crippen MR) is 69.8 cm³/mol. The second-order valence-electron chi connectivity index (χ2n) is 4.62. The van der Waals surface area contributed by atoms with Crippen LogP contribution in [0.25, 0.3) is 0 Å². The topological polar surface area (TPSA) is 80.1 Å². The van der Waals surface area contributed by atoms with Crippen LogP contribution in [0.2, 0.25) is 0 Å². The fourth-order valence-corrected chi connectivity index (χ4v) is 1.73. The molecule has 2 N–H and O–H groups in total. The summed E-state index contributed by atoms with van der Waals surface area (Å²) in [5.74, 6) is 0.729. The first-order valence-corrected chi connectivity index (χ1v) is 6.25. The lowest BCUT2D eigenvalue weighted by Gasteiger charge is -2.08. The molecule has 1 fully saturated rings. The number of pyridine rings is 1. The fourth-order valence-electron chi connectivity index (χ4n) is 1.73. The molecule has 0 atom stereocenters. The number of aryl methyl sites for hydroxylation is 1. The van der Waals surface area contributed by atoms with Crippen LogP contribution in [0, 0.1) is 17.0 Å². The van der Waals surface area contributed by atoms with Gasteiger partial charge in [0.1, 0.15) is 12.0 Å². The zero-order valence-corrected chi connectivity index (χ0v) is 10.5. The summed E-state index contributed by atoms with van der Waals surface area (Å²) in [4.78, 5) is 14.2. The molecule has 1 aromatic rings. The average molecular weight is 250 g/mol. The van der Waals surface area contributed by atoms with E-state index in [1.54, 1.807) is 0 Å². The first-order chi connectivity index (χ1) is 8.66. The van der Waals surface area contributed by atoms with Gasteiger partial charge in [0, 0.05) is 18.7 Å². The minimum absolute atomic E-state index is 0.0356. The molecule has 6 nitrogen and oxygen atoms in total. The second kappa shape index (κ2) is 5.77. The van der Waals surface area contributed by atoms with Gasteiger partial charge in [-0.15, -0.1) is 0 Å². The van der Waals surface area contributed by atoms with Crippen LogP contribution in [0.1, 0.15) is 24.8 Å². The summed E-state index contributed by atoms with van der Waals surface area (Å²) in [6.45, 7) is 3.65. The van der Waals surface area contributed by atoms with Crippen molar-refractivity contribution in [2.75, 3.05) is 18.4 Å². The molecular formula is C12H18N4O2. The average Bonchev–Trinajstić information content (AvgIpc) is 3.14. The van der Waals surface area contributed by atoms with Crippen molar-refractivity contribution < 1.29 is 4.92 Å². The van der Waals surface area contributed by atoms with E-state index in [0.717, 1.165) is 36.9 Å². The van der Waals surface area contributed by atoms with Crippen LogP contribution < -0.4 is 10.6 Å². The number of hydrogen-bond acceptors (Lipinski definition) is 5. The van der Waals surface area contributed by atoms with E-state index in [4.69, 9.17) is 0 Å². The maximum atomic E-state index is 10.6. The van der Waals surface area contributed by atoms with Gasteiger partial charge >= 0.3 is 0 Å². The Morgan fingerprint density at radius 3 is 2.89 bits per heavy atom. The van der Waals surface area contributed by atoms with Crippen LogP contribution >= 0.6 is 0 Å². The second-order valence-corrected chi connectivity index (χ2v) is 4.62. The molecule has 0 unspecified atom stereocenters. The summed E-state index contributed by atoms with van der Waals surface area (Å²) < 4.78 is 0. The normalized spacial score (nSPS) is 14.5. The third kappa shape index (κ3) is 3.66. The summed E-state index contributed by atoms with van der Waals surface area (Å²) in [5.41, 5.74) is 0.841. The van der Waals surface area contributed by atoms with Crippen LogP contribution in [0.3, 0.4) is 0 Å². The lowest BCUT2D eigenvalue weighted by Crippen LogP contribution is -2.20. The smallest absolute Gasteiger partial charge is 0.287 e. The molecular weight excluding hydrogens is 232 g/mol. The highest BCUT2D eigenvalue weighted by Crippen LogP contribution is 2.19. The molecule has 0 bridgehead atoms. The van der Waals surface area contributed by atoms with Crippen LogP contribution in [-0.2, 0) is 0 Å².